The first-order valence-corrected chi connectivity index (χ1v) is 7.89. The number of carbonyl (C=O) groups excluding carboxylic acids is 2. The molecule has 1 aliphatic heterocycles. The number of benzene rings is 2. The van der Waals surface area contributed by atoms with Gasteiger partial charge in [0.05, 0.1) is 18.9 Å². The van der Waals surface area contributed by atoms with Crippen molar-refractivity contribution < 1.29 is 14.3 Å². The summed E-state index contributed by atoms with van der Waals surface area (Å²) in [5, 5.41) is 4.57. The number of fused-ring (bicyclic) bond motifs is 3. The average molecular weight is 323 g/mol. The van der Waals surface area contributed by atoms with Gasteiger partial charge in [-0.05, 0) is 30.3 Å². The maximum absolute atomic E-state index is 12.7. The van der Waals surface area contributed by atoms with Crippen LogP contribution in [0.3, 0.4) is 0 Å². The molecule has 6 nitrogen and oxygen atoms in total. The normalized spacial score (nSPS) is 14.9. The zero-order chi connectivity index (χ0) is 16.5. The topological polar surface area (TPSA) is 74.4 Å². The molecule has 0 radical (unpaired) electrons. The number of carbonyl (C=O) groups is 2. The van der Waals surface area contributed by atoms with Crippen molar-refractivity contribution in [3.8, 4) is 0 Å². The van der Waals surface area contributed by atoms with E-state index in [9.17, 15) is 9.59 Å². The number of amides is 2. The summed E-state index contributed by atoms with van der Waals surface area (Å²) in [6.07, 6.45) is 0.663. The van der Waals surface area contributed by atoms with Crippen molar-refractivity contribution in [2.45, 2.75) is 0 Å². The predicted molar refractivity (Wildman–Crippen MR) is 92.2 cm³/mol. The van der Waals surface area contributed by atoms with Crippen LogP contribution in [0.25, 0.3) is 21.8 Å². The van der Waals surface area contributed by atoms with Gasteiger partial charge in [-0.25, -0.2) is 0 Å². The summed E-state index contributed by atoms with van der Waals surface area (Å²) in [7, 11) is 0. The highest BCUT2D eigenvalue weighted by atomic mass is 16.5. The highest BCUT2D eigenvalue weighted by molar-refractivity contribution is 6.16. The SMILES string of the molecule is O=CNc1cccc2[nH]c3ccc(C(=O)N4CCOCC4)cc3c12. The van der Waals surface area contributed by atoms with Crippen LogP contribution in [0.1, 0.15) is 10.4 Å². The number of nitrogens with zero attached hydrogens (tertiary/aromatic N) is 1. The van der Waals surface area contributed by atoms with E-state index in [1.54, 1.807) is 0 Å². The molecule has 2 heterocycles. The molecule has 1 saturated heterocycles. The number of aromatic amines is 1. The fourth-order valence-electron chi connectivity index (χ4n) is 3.22. The minimum atomic E-state index is 0.00961. The third-order valence-electron chi connectivity index (χ3n) is 4.38. The molecule has 0 unspecified atom stereocenters. The summed E-state index contributed by atoms with van der Waals surface area (Å²) < 4.78 is 5.30. The number of morpholine rings is 1. The summed E-state index contributed by atoms with van der Waals surface area (Å²) >= 11 is 0. The van der Waals surface area contributed by atoms with Crippen LogP contribution in [0.5, 0.6) is 0 Å². The number of hydrogen-bond acceptors (Lipinski definition) is 3. The molecule has 24 heavy (non-hydrogen) atoms. The standard InChI is InChI=1S/C18H17N3O3/c22-11-19-15-2-1-3-16-17(15)13-10-12(4-5-14(13)20-16)18(23)21-6-8-24-9-7-21/h1-5,10-11,20H,6-9H2,(H,19,22). The van der Waals surface area contributed by atoms with Crippen molar-refractivity contribution in [1.29, 1.82) is 0 Å². The van der Waals surface area contributed by atoms with E-state index in [1.165, 1.54) is 0 Å². The molecule has 4 rings (SSSR count). The van der Waals surface area contributed by atoms with Gasteiger partial charge in [-0.15, -0.1) is 0 Å². The Kier molecular flexibility index (Phi) is 3.66. The smallest absolute Gasteiger partial charge is 0.254 e. The number of rotatable bonds is 3. The Hall–Kier alpha value is -2.86. The Labute approximate surface area is 138 Å². The molecule has 2 amide bonds. The molecule has 2 N–H and O–H groups in total. The number of nitrogens with one attached hydrogen (secondary N) is 2. The van der Waals surface area contributed by atoms with Crippen LogP contribution in [-0.4, -0.2) is 48.5 Å². The second-order valence-corrected chi connectivity index (χ2v) is 5.78. The molecule has 0 aliphatic carbocycles. The molecular weight excluding hydrogens is 306 g/mol. The second kappa shape index (κ2) is 5.98. The summed E-state index contributed by atoms with van der Waals surface area (Å²) in [6, 6.07) is 11.3. The lowest BCUT2D eigenvalue weighted by Gasteiger charge is -2.26. The van der Waals surface area contributed by atoms with Crippen molar-refractivity contribution in [3.05, 3.63) is 42.0 Å². The van der Waals surface area contributed by atoms with Gasteiger partial charge in [0.25, 0.3) is 5.91 Å². The first-order chi connectivity index (χ1) is 11.8. The monoisotopic (exact) mass is 323 g/mol. The maximum atomic E-state index is 12.7. The van der Waals surface area contributed by atoms with Gasteiger partial charge in [-0.2, -0.15) is 0 Å². The van der Waals surface area contributed by atoms with E-state index >= 15 is 0 Å². The van der Waals surface area contributed by atoms with E-state index in [4.69, 9.17) is 4.74 Å². The van der Waals surface area contributed by atoms with E-state index in [1.807, 2.05) is 41.3 Å². The molecule has 0 saturated carbocycles. The van der Waals surface area contributed by atoms with E-state index in [2.05, 4.69) is 10.3 Å². The Morgan fingerprint density at radius 3 is 2.79 bits per heavy atom. The van der Waals surface area contributed by atoms with Gasteiger partial charge in [0.1, 0.15) is 0 Å². The van der Waals surface area contributed by atoms with Gasteiger partial charge in [0, 0.05) is 40.5 Å². The summed E-state index contributed by atoms with van der Waals surface area (Å²) in [5.74, 6) is 0.00961. The quantitative estimate of drug-likeness (QED) is 0.727. The van der Waals surface area contributed by atoms with Crippen molar-refractivity contribution >= 4 is 39.8 Å². The predicted octanol–water partition coefficient (Wildman–Crippen LogP) is 2.36. The third-order valence-corrected chi connectivity index (χ3v) is 4.38. The highest BCUT2D eigenvalue weighted by Crippen LogP contribution is 2.32. The average Bonchev–Trinajstić information content (AvgIpc) is 3.01. The summed E-state index contributed by atoms with van der Waals surface area (Å²) in [6.45, 7) is 2.38. The Balaban J connectivity index is 1.82. The van der Waals surface area contributed by atoms with Gasteiger partial charge < -0.3 is 19.9 Å². The molecule has 0 bridgehead atoms. The van der Waals surface area contributed by atoms with Gasteiger partial charge in [-0.3, -0.25) is 9.59 Å². The lowest BCUT2D eigenvalue weighted by molar-refractivity contribution is -0.105. The molecule has 1 aromatic heterocycles. The molecule has 0 atom stereocenters. The van der Waals surface area contributed by atoms with Gasteiger partial charge >= 0.3 is 0 Å². The van der Waals surface area contributed by atoms with Crippen molar-refractivity contribution in [2.75, 3.05) is 31.6 Å². The maximum Gasteiger partial charge on any atom is 0.254 e. The van der Waals surface area contributed by atoms with Crippen LogP contribution in [0.15, 0.2) is 36.4 Å². The summed E-state index contributed by atoms with van der Waals surface area (Å²) in [5.41, 5.74) is 3.23. The molecule has 1 fully saturated rings. The Bertz CT molecular complexity index is 926. The number of ether oxygens (including phenoxy) is 1. The molecule has 1 aliphatic rings. The number of anilines is 1. The lowest BCUT2D eigenvalue weighted by Crippen LogP contribution is -2.40. The van der Waals surface area contributed by atoms with E-state index in [0.29, 0.717) is 38.3 Å². The molecule has 6 heteroatoms. The third kappa shape index (κ3) is 2.41. The Morgan fingerprint density at radius 2 is 2.00 bits per heavy atom. The van der Waals surface area contributed by atoms with Gasteiger partial charge in [-0.1, -0.05) is 6.07 Å². The Morgan fingerprint density at radius 1 is 1.17 bits per heavy atom. The largest absolute Gasteiger partial charge is 0.378 e. The zero-order valence-corrected chi connectivity index (χ0v) is 13.0. The van der Waals surface area contributed by atoms with Crippen LogP contribution >= 0.6 is 0 Å². The minimum Gasteiger partial charge on any atom is -0.378 e. The summed E-state index contributed by atoms with van der Waals surface area (Å²) in [4.78, 5) is 28.7. The number of H-pyrrole nitrogens is 1. The molecule has 2 aromatic carbocycles. The van der Waals surface area contributed by atoms with E-state index in [-0.39, 0.29) is 5.91 Å². The van der Waals surface area contributed by atoms with Crippen LogP contribution < -0.4 is 5.32 Å². The first-order valence-electron chi connectivity index (χ1n) is 7.89. The number of hydrogen-bond donors (Lipinski definition) is 2. The van der Waals surface area contributed by atoms with Crippen LogP contribution in [-0.2, 0) is 9.53 Å². The van der Waals surface area contributed by atoms with Crippen molar-refractivity contribution in [2.24, 2.45) is 0 Å². The van der Waals surface area contributed by atoms with E-state index in [0.717, 1.165) is 27.5 Å². The fraction of sp³-hybridized carbons (Fsp3) is 0.222. The minimum absolute atomic E-state index is 0.00961. The molecule has 122 valence electrons. The molecule has 3 aromatic rings. The molecular formula is C18H17N3O3. The molecule has 0 spiro atoms. The van der Waals surface area contributed by atoms with Gasteiger partial charge in [0.15, 0.2) is 0 Å². The van der Waals surface area contributed by atoms with Crippen LogP contribution in [0, 0.1) is 0 Å². The van der Waals surface area contributed by atoms with Crippen LogP contribution in [0.4, 0.5) is 5.69 Å². The number of aromatic nitrogens is 1. The van der Waals surface area contributed by atoms with E-state index < -0.39 is 0 Å². The highest BCUT2D eigenvalue weighted by Gasteiger charge is 2.19. The van der Waals surface area contributed by atoms with Crippen LogP contribution in [0.2, 0.25) is 0 Å². The zero-order valence-electron chi connectivity index (χ0n) is 13.0. The van der Waals surface area contributed by atoms with Gasteiger partial charge in [0.2, 0.25) is 6.41 Å². The fourth-order valence-corrected chi connectivity index (χ4v) is 3.22. The van der Waals surface area contributed by atoms with Crippen molar-refractivity contribution in [1.82, 2.24) is 9.88 Å². The lowest BCUT2D eigenvalue weighted by atomic mass is 10.1. The first kappa shape index (κ1) is 14.7. The van der Waals surface area contributed by atoms with Crippen molar-refractivity contribution in [3.63, 3.8) is 0 Å². The second-order valence-electron chi connectivity index (χ2n) is 5.78.